The third-order valence-corrected chi connectivity index (χ3v) is 1.25. The summed E-state index contributed by atoms with van der Waals surface area (Å²) in [6, 6.07) is 0. The molecule has 0 aromatic carbocycles. The van der Waals surface area contributed by atoms with E-state index in [1.54, 1.807) is 0 Å². The highest BCUT2D eigenvalue weighted by Gasteiger charge is 2.24. The van der Waals surface area contributed by atoms with E-state index in [9.17, 15) is 0 Å². The fraction of sp³-hybridized carbons (Fsp3) is 1.00. The van der Waals surface area contributed by atoms with Crippen molar-refractivity contribution >= 4 is 27.5 Å². The Morgan fingerprint density at radius 2 is 1.56 bits per heavy atom. The van der Waals surface area contributed by atoms with Crippen molar-refractivity contribution in [2.24, 2.45) is 5.41 Å². The summed E-state index contributed by atoms with van der Waals surface area (Å²) in [5, 5.41) is 0. The Balaban J connectivity index is 3.75. The van der Waals surface area contributed by atoms with E-state index >= 15 is 0 Å². The lowest BCUT2D eigenvalue weighted by Gasteiger charge is -2.24. The largest absolute Gasteiger partial charge is 0.107 e. The van der Waals surface area contributed by atoms with E-state index in [-0.39, 0.29) is 3.78 Å². The molecule has 0 aliphatic heterocycles. The first-order chi connectivity index (χ1) is 3.71. The molecule has 0 nitrogen and oxygen atoms in total. The molecule has 0 aliphatic carbocycles. The van der Waals surface area contributed by atoms with Crippen molar-refractivity contribution in [3.8, 4) is 0 Å². The smallest absolute Gasteiger partial charge is 0.0969 e. The maximum absolute atomic E-state index is 5.93. The monoisotopic (exact) mass is 212 g/mol. The second-order valence-corrected chi connectivity index (χ2v) is 6.85. The molecule has 1 unspecified atom stereocenters. The van der Waals surface area contributed by atoms with Crippen LogP contribution in [-0.2, 0) is 0 Å². The van der Waals surface area contributed by atoms with Crippen molar-refractivity contribution < 1.29 is 0 Å². The van der Waals surface area contributed by atoms with E-state index in [0.717, 1.165) is 6.42 Å². The lowest BCUT2D eigenvalue weighted by atomic mass is 9.91. The van der Waals surface area contributed by atoms with E-state index in [0.29, 0.717) is 5.41 Å². The van der Waals surface area contributed by atoms with Crippen molar-refractivity contribution in [2.45, 2.75) is 37.9 Å². The van der Waals surface area contributed by atoms with Crippen molar-refractivity contribution in [2.75, 3.05) is 0 Å². The molecule has 2 heteroatoms. The number of rotatable bonds is 1. The van der Waals surface area contributed by atoms with E-state index in [1.165, 1.54) is 0 Å². The van der Waals surface area contributed by atoms with Crippen LogP contribution in [0.15, 0.2) is 0 Å². The Morgan fingerprint density at radius 1 is 1.22 bits per heavy atom. The molecule has 0 saturated carbocycles. The van der Waals surface area contributed by atoms with E-state index in [4.69, 9.17) is 11.6 Å². The summed E-state index contributed by atoms with van der Waals surface area (Å²) in [5.74, 6) is 0. The predicted molar refractivity (Wildman–Crippen MR) is 47.3 cm³/mol. The van der Waals surface area contributed by atoms with Crippen LogP contribution >= 0.6 is 27.5 Å². The summed E-state index contributed by atoms with van der Waals surface area (Å²) in [6.07, 6.45) is 0.974. The molecule has 0 fully saturated rings. The quantitative estimate of drug-likeness (QED) is 0.582. The molecule has 0 N–H and O–H groups in total. The van der Waals surface area contributed by atoms with Crippen LogP contribution in [-0.4, -0.2) is 3.78 Å². The summed E-state index contributed by atoms with van der Waals surface area (Å²) >= 11 is 9.31. The Labute approximate surface area is 71.1 Å². The molecule has 0 aliphatic rings. The van der Waals surface area contributed by atoms with E-state index in [2.05, 4.69) is 36.7 Å². The fourth-order valence-corrected chi connectivity index (χ4v) is 2.17. The maximum atomic E-state index is 5.93. The minimum absolute atomic E-state index is 0.231. The predicted octanol–water partition coefficient (Wildman–Crippen LogP) is 3.77. The third-order valence-electron chi connectivity index (χ3n) is 0.841. The molecule has 0 rings (SSSR count). The second-order valence-electron chi connectivity index (χ2n) is 3.81. The first-order valence-corrected chi connectivity index (χ1v) is 4.26. The average Bonchev–Trinajstić information content (AvgIpc) is 1.14. The first kappa shape index (κ1) is 9.77. The molecule has 0 radical (unpaired) electrons. The molecule has 9 heavy (non-hydrogen) atoms. The lowest BCUT2D eigenvalue weighted by Crippen LogP contribution is -2.17. The van der Waals surface area contributed by atoms with Gasteiger partial charge >= 0.3 is 0 Å². The number of halogens is 2. The van der Waals surface area contributed by atoms with Crippen molar-refractivity contribution in [1.82, 2.24) is 0 Å². The standard InChI is InChI=1S/C7H14BrCl/c1-6(2,3)5-7(4,8)9/h5H2,1-4H3. The van der Waals surface area contributed by atoms with Gasteiger partial charge in [0.1, 0.15) is 0 Å². The van der Waals surface area contributed by atoms with Crippen LogP contribution in [0.25, 0.3) is 0 Å². The van der Waals surface area contributed by atoms with Gasteiger partial charge in [-0.25, -0.2) is 0 Å². The molecule has 0 bridgehead atoms. The summed E-state index contributed by atoms with van der Waals surface area (Å²) in [7, 11) is 0. The van der Waals surface area contributed by atoms with Crippen LogP contribution in [0.4, 0.5) is 0 Å². The molecule has 0 aromatic heterocycles. The molecule has 0 heterocycles. The van der Waals surface area contributed by atoms with Gasteiger partial charge in [0.15, 0.2) is 0 Å². The van der Waals surface area contributed by atoms with Gasteiger partial charge in [0.2, 0.25) is 0 Å². The molecular weight excluding hydrogens is 199 g/mol. The van der Waals surface area contributed by atoms with Gasteiger partial charge in [-0.3, -0.25) is 0 Å². The second kappa shape index (κ2) is 2.79. The Hall–Kier alpha value is 0.770. The molecule has 56 valence electrons. The van der Waals surface area contributed by atoms with Crippen LogP contribution in [0.5, 0.6) is 0 Å². The molecule has 0 aromatic rings. The highest BCUT2D eigenvalue weighted by molar-refractivity contribution is 9.10. The van der Waals surface area contributed by atoms with Gasteiger partial charge in [-0.1, -0.05) is 36.7 Å². The van der Waals surface area contributed by atoms with Gasteiger partial charge in [0.05, 0.1) is 3.78 Å². The minimum atomic E-state index is -0.231. The lowest BCUT2D eigenvalue weighted by molar-refractivity contribution is 0.368. The zero-order valence-corrected chi connectivity index (χ0v) is 8.80. The molecule has 1 atom stereocenters. The van der Waals surface area contributed by atoms with Crippen LogP contribution in [0.2, 0.25) is 0 Å². The minimum Gasteiger partial charge on any atom is -0.107 e. The number of hydrogen-bond donors (Lipinski definition) is 0. The zero-order chi connectivity index (χ0) is 7.71. The van der Waals surface area contributed by atoms with Gasteiger partial charge in [0, 0.05) is 0 Å². The number of alkyl halides is 2. The SMILES string of the molecule is CC(C)(C)CC(C)(Cl)Br. The topological polar surface area (TPSA) is 0 Å². The molecular formula is C7H14BrCl. The van der Waals surface area contributed by atoms with E-state index in [1.807, 2.05) is 6.92 Å². The summed E-state index contributed by atoms with van der Waals surface area (Å²) in [4.78, 5) is 0. The molecule has 0 spiro atoms. The fourth-order valence-electron chi connectivity index (χ4n) is 0.931. The molecule has 0 saturated heterocycles. The summed E-state index contributed by atoms with van der Waals surface area (Å²) in [5.41, 5.74) is 0.306. The maximum Gasteiger partial charge on any atom is 0.0969 e. The van der Waals surface area contributed by atoms with E-state index < -0.39 is 0 Å². The third kappa shape index (κ3) is 8.77. The van der Waals surface area contributed by atoms with Gasteiger partial charge in [0.25, 0.3) is 0 Å². The highest BCUT2D eigenvalue weighted by Crippen LogP contribution is 2.36. The number of hydrogen-bond acceptors (Lipinski definition) is 0. The van der Waals surface area contributed by atoms with Gasteiger partial charge in [-0.05, 0) is 18.8 Å². The Bertz CT molecular complexity index is 74.1. The average molecular weight is 214 g/mol. The Morgan fingerprint density at radius 3 is 1.56 bits per heavy atom. The normalized spacial score (nSPS) is 19.3. The van der Waals surface area contributed by atoms with Gasteiger partial charge in [-0.2, -0.15) is 0 Å². The van der Waals surface area contributed by atoms with Crippen molar-refractivity contribution in [1.29, 1.82) is 0 Å². The first-order valence-electron chi connectivity index (χ1n) is 3.09. The highest BCUT2D eigenvalue weighted by atomic mass is 79.9. The van der Waals surface area contributed by atoms with Crippen LogP contribution in [0.3, 0.4) is 0 Å². The van der Waals surface area contributed by atoms with Crippen LogP contribution < -0.4 is 0 Å². The van der Waals surface area contributed by atoms with Crippen molar-refractivity contribution in [3.63, 3.8) is 0 Å². The van der Waals surface area contributed by atoms with Gasteiger partial charge in [-0.15, -0.1) is 11.6 Å². The Kier molecular flexibility index (Phi) is 3.03. The van der Waals surface area contributed by atoms with Gasteiger partial charge < -0.3 is 0 Å². The zero-order valence-electron chi connectivity index (χ0n) is 6.46. The van der Waals surface area contributed by atoms with Crippen LogP contribution in [0.1, 0.15) is 34.1 Å². The summed E-state index contributed by atoms with van der Waals surface area (Å²) in [6.45, 7) is 8.50. The van der Waals surface area contributed by atoms with Crippen molar-refractivity contribution in [3.05, 3.63) is 0 Å². The molecule has 0 amide bonds. The van der Waals surface area contributed by atoms with Crippen LogP contribution in [0, 0.1) is 5.41 Å². The summed E-state index contributed by atoms with van der Waals surface area (Å²) < 4.78 is -0.231.